The molecule has 1 unspecified atom stereocenters. The van der Waals surface area contributed by atoms with Crippen LogP contribution in [0.15, 0.2) is 48.5 Å². The number of aryl methyl sites for hydroxylation is 1. The molecule has 2 aliphatic heterocycles. The van der Waals surface area contributed by atoms with Gasteiger partial charge in [-0.3, -0.25) is 9.69 Å². The number of piperidine rings is 1. The van der Waals surface area contributed by atoms with Gasteiger partial charge in [0.15, 0.2) is 11.5 Å². The molecule has 3 aromatic rings. The summed E-state index contributed by atoms with van der Waals surface area (Å²) in [6.07, 6.45) is 4.94. The zero-order chi connectivity index (χ0) is 25.8. The number of phenolic OH excluding ortho intramolecular Hbond substituents is 1. The maximum Gasteiger partial charge on any atom is 0.251 e. The van der Waals surface area contributed by atoms with Crippen LogP contribution >= 0.6 is 0 Å². The third kappa shape index (κ3) is 2.99. The van der Waals surface area contributed by atoms with E-state index in [9.17, 15) is 15.0 Å². The lowest BCUT2D eigenvalue weighted by atomic mass is 9.48. The van der Waals surface area contributed by atoms with E-state index < -0.39 is 17.1 Å². The number of carbonyl (C=O) groups is 1. The van der Waals surface area contributed by atoms with Crippen LogP contribution in [0.4, 0.5) is 0 Å². The van der Waals surface area contributed by atoms with Gasteiger partial charge in [-0.15, -0.1) is 0 Å². The van der Waals surface area contributed by atoms with Gasteiger partial charge in [0.2, 0.25) is 0 Å². The number of rotatable bonds is 4. The number of nitrogens with one attached hydrogen (secondary N) is 1. The van der Waals surface area contributed by atoms with Crippen molar-refractivity contribution in [3.8, 4) is 11.5 Å². The summed E-state index contributed by atoms with van der Waals surface area (Å²) in [5, 5.41) is 28.9. The first-order valence-electron chi connectivity index (χ1n) is 14.2. The fourth-order valence-electron chi connectivity index (χ4n) is 8.39. The predicted octanol–water partition coefficient (Wildman–Crippen LogP) is 4.22. The van der Waals surface area contributed by atoms with Gasteiger partial charge < -0.3 is 20.3 Å². The molecule has 3 aliphatic carbocycles. The van der Waals surface area contributed by atoms with Crippen LogP contribution in [0.5, 0.6) is 11.5 Å². The molecule has 6 heteroatoms. The third-order valence-electron chi connectivity index (χ3n) is 10.3. The molecule has 5 aliphatic rings. The lowest BCUT2D eigenvalue weighted by Gasteiger charge is -2.64. The predicted molar refractivity (Wildman–Crippen MR) is 145 cm³/mol. The summed E-state index contributed by atoms with van der Waals surface area (Å²) in [7, 11) is 0. The van der Waals surface area contributed by atoms with Gasteiger partial charge in [-0.2, -0.15) is 0 Å². The smallest absolute Gasteiger partial charge is 0.251 e. The van der Waals surface area contributed by atoms with Crippen molar-refractivity contribution in [3.63, 3.8) is 0 Å². The van der Waals surface area contributed by atoms with Gasteiger partial charge in [-0.1, -0.05) is 35.9 Å². The zero-order valence-corrected chi connectivity index (χ0v) is 21.7. The topological polar surface area (TPSA) is 82.0 Å². The number of nitrogens with zero attached hydrogens (tertiary/aromatic N) is 1. The van der Waals surface area contributed by atoms with Gasteiger partial charge in [-0.05, 0) is 92.4 Å². The number of aromatic hydroxyl groups is 1. The van der Waals surface area contributed by atoms with E-state index in [1.165, 1.54) is 18.4 Å². The van der Waals surface area contributed by atoms with Gasteiger partial charge in [-0.25, -0.2) is 0 Å². The molecule has 6 nitrogen and oxygen atoms in total. The van der Waals surface area contributed by atoms with Crippen molar-refractivity contribution in [1.82, 2.24) is 10.2 Å². The van der Waals surface area contributed by atoms with Crippen LogP contribution in [0.2, 0.25) is 0 Å². The molecule has 196 valence electrons. The second-order valence-electron chi connectivity index (χ2n) is 12.5. The fraction of sp³-hybridized carbons (Fsp3) is 0.469. The maximum absolute atomic E-state index is 13.6. The Morgan fingerprint density at radius 2 is 1.92 bits per heavy atom. The molecule has 2 bridgehead atoms. The Morgan fingerprint density at radius 1 is 1.08 bits per heavy atom. The second kappa shape index (κ2) is 7.73. The van der Waals surface area contributed by atoms with E-state index >= 15 is 0 Å². The van der Waals surface area contributed by atoms with Gasteiger partial charge >= 0.3 is 0 Å². The Labute approximate surface area is 222 Å². The lowest BCUT2D eigenvalue weighted by molar-refractivity contribution is -0.191. The van der Waals surface area contributed by atoms with Crippen LogP contribution in [0, 0.1) is 12.8 Å². The van der Waals surface area contributed by atoms with Crippen molar-refractivity contribution in [2.75, 3.05) is 13.1 Å². The lowest BCUT2D eigenvalue weighted by Crippen LogP contribution is -2.78. The zero-order valence-electron chi connectivity index (χ0n) is 21.7. The number of ether oxygens (including phenoxy) is 1. The summed E-state index contributed by atoms with van der Waals surface area (Å²) < 4.78 is 6.60. The Morgan fingerprint density at radius 3 is 2.76 bits per heavy atom. The monoisotopic (exact) mass is 510 g/mol. The molecular weight excluding hydrogens is 476 g/mol. The number of carbonyl (C=O) groups excluding carboxylic acids is 1. The Kier molecular flexibility index (Phi) is 4.65. The van der Waals surface area contributed by atoms with Crippen LogP contribution in [-0.4, -0.2) is 57.9 Å². The highest BCUT2D eigenvalue weighted by Gasteiger charge is 2.73. The molecule has 8 rings (SSSR count). The van der Waals surface area contributed by atoms with Crippen molar-refractivity contribution in [3.05, 3.63) is 70.8 Å². The molecule has 2 heterocycles. The molecule has 2 saturated carbocycles. The fourth-order valence-corrected chi connectivity index (χ4v) is 8.39. The van der Waals surface area contributed by atoms with Gasteiger partial charge in [0, 0.05) is 23.7 Å². The Bertz CT molecular complexity index is 1500. The summed E-state index contributed by atoms with van der Waals surface area (Å²) in [5.74, 6) is 1.27. The van der Waals surface area contributed by atoms with Crippen molar-refractivity contribution in [2.45, 2.75) is 74.7 Å². The van der Waals surface area contributed by atoms with E-state index in [4.69, 9.17) is 4.74 Å². The molecule has 0 aromatic heterocycles. The summed E-state index contributed by atoms with van der Waals surface area (Å²) in [4.78, 5) is 16.1. The largest absolute Gasteiger partial charge is 0.504 e. The average molecular weight is 511 g/mol. The highest BCUT2D eigenvalue weighted by Crippen LogP contribution is 2.65. The average Bonchev–Trinajstić information content (AvgIpc) is 3.65. The van der Waals surface area contributed by atoms with Crippen LogP contribution < -0.4 is 10.1 Å². The van der Waals surface area contributed by atoms with Gasteiger partial charge in [0.1, 0.15) is 6.10 Å². The Hall–Kier alpha value is -3.09. The van der Waals surface area contributed by atoms with E-state index in [0.29, 0.717) is 24.2 Å². The summed E-state index contributed by atoms with van der Waals surface area (Å²) in [5.41, 5.74) is 2.38. The maximum atomic E-state index is 13.6. The first-order chi connectivity index (χ1) is 18.4. The number of hydrogen-bond donors (Lipinski definition) is 3. The SMILES string of the molecule is Cc1ccc2ccc(C(=O)N[C@@H]3CC[C@@]4(O)C5Cc6ccc(O)c7c6[C@@]4(CCN5CC4CC4)[C@H]3O7)cc2c1. The number of aliphatic hydroxyl groups is 1. The first kappa shape index (κ1) is 22.9. The summed E-state index contributed by atoms with van der Waals surface area (Å²) in [6.45, 7) is 4.01. The van der Waals surface area contributed by atoms with E-state index in [0.717, 1.165) is 53.7 Å². The van der Waals surface area contributed by atoms with Crippen molar-refractivity contribution < 1.29 is 19.7 Å². The third-order valence-corrected chi connectivity index (χ3v) is 10.3. The molecule has 1 spiro atoms. The minimum atomic E-state index is -0.946. The number of amides is 1. The molecule has 3 aromatic carbocycles. The summed E-state index contributed by atoms with van der Waals surface area (Å²) >= 11 is 0. The van der Waals surface area contributed by atoms with Crippen molar-refractivity contribution in [1.29, 1.82) is 0 Å². The van der Waals surface area contributed by atoms with Crippen LogP contribution in [-0.2, 0) is 11.8 Å². The van der Waals surface area contributed by atoms with E-state index in [-0.39, 0.29) is 23.7 Å². The van der Waals surface area contributed by atoms with Crippen LogP contribution in [0.1, 0.15) is 59.2 Å². The summed E-state index contributed by atoms with van der Waals surface area (Å²) in [6, 6.07) is 15.6. The molecule has 0 radical (unpaired) electrons. The number of fused-ring (bicyclic) bond motifs is 1. The normalized spacial score (nSPS) is 33.1. The van der Waals surface area contributed by atoms with E-state index in [1.54, 1.807) is 6.07 Å². The molecule has 5 atom stereocenters. The minimum Gasteiger partial charge on any atom is -0.504 e. The highest BCUT2D eigenvalue weighted by atomic mass is 16.5. The van der Waals surface area contributed by atoms with Crippen LogP contribution in [0.3, 0.4) is 0 Å². The second-order valence-corrected chi connectivity index (χ2v) is 12.5. The Balaban J connectivity index is 1.17. The molecule has 1 saturated heterocycles. The molecule has 38 heavy (non-hydrogen) atoms. The standard InChI is InChI=1S/C32H34N2O4/c1-18-2-5-20-6-7-22(15-23(20)14-18)30(36)33-24-10-11-32(37)26-16-21-8-9-25(35)28-27(21)31(32,29(24)38-28)12-13-34(26)17-19-3-4-19/h2,5-9,14-15,19,24,26,29,35,37H,3-4,10-13,16-17H2,1H3,(H,33,36)/t24-,26?,29+,31+,32-/m1/s1. The highest BCUT2D eigenvalue weighted by molar-refractivity contribution is 5.99. The molecular formula is C32H34N2O4. The van der Waals surface area contributed by atoms with E-state index in [2.05, 4.69) is 35.3 Å². The number of benzene rings is 3. The quantitative estimate of drug-likeness (QED) is 0.490. The molecule has 1 amide bonds. The minimum absolute atomic E-state index is 0.0336. The number of phenols is 1. The van der Waals surface area contributed by atoms with Gasteiger partial charge in [0.05, 0.1) is 17.1 Å². The molecule has 3 N–H and O–H groups in total. The van der Waals surface area contributed by atoms with E-state index in [1.807, 2.05) is 24.3 Å². The molecule has 3 fully saturated rings. The van der Waals surface area contributed by atoms with Crippen LogP contribution in [0.25, 0.3) is 10.8 Å². The number of hydrogen-bond acceptors (Lipinski definition) is 5. The van der Waals surface area contributed by atoms with Gasteiger partial charge in [0.25, 0.3) is 5.91 Å². The first-order valence-corrected chi connectivity index (χ1v) is 14.2. The van der Waals surface area contributed by atoms with Crippen molar-refractivity contribution >= 4 is 16.7 Å². The number of likely N-dealkylation sites (tertiary alicyclic amines) is 1. The van der Waals surface area contributed by atoms with Crippen molar-refractivity contribution in [2.24, 2.45) is 5.92 Å².